The van der Waals surface area contributed by atoms with Gasteiger partial charge in [0.2, 0.25) is 0 Å². The largest absolute Gasteiger partial charge is 0.324 e. The SMILES string of the molecule is Cc1ccc(C(N)CC2Cc3ccccc32)c(C)n1. The molecule has 1 heterocycles. The smallest absolute Gasteiger partial charge is 0.0423 e. The van der Waals surface area contributed by atoms with Gasteiger partial charge in [-0.1, -0.05) is 30.3 Å². The zero-order valence-electron chi connectivity index (χ0n) is 11.6. The van der Waals surface area contributed by atoms with Crippen LogP contribution in [0.3, 0.4) is 0 Å². The van der Waals surface area contributed by atoms with Gasteiger partial charge >= 0.3 is 0 Å². The van der Waals surface area contributed by atoms with E-state index in [9.17, 15) is 0 Å². The summed E-state index contributed by atoms with van der Waals surface area (Å²) in [7, 11) is 0. The third-order valence-corrected chi connectivity index (χ3v) is 4.17. The Bertz CT molecular complexity index is 604. The van der Waals surface area contributed by atoms with Crippen molar-refractivity contribution in [3.8, 4) is 0 Å². The standard InChI is InChI=1S/C17H20N2/c1-11-7-8-15(12(2)19-11)17(18)10-14-9-13-5-3-4-6-16(13)14/h3-8,14,17H,9-10,18H2,1-2H3. The molecular formula is C17H20N2. The van der Waals surface area contributed by atoms with E-state index in [1.807, 2.05) is 6.92 Å². The Morgan fingerprint density at radius 3 is 2.74 bits per heavy atom. The van der Waals surface area contributed by atoms with Crippen LogP contribution >= 0.6 is 0 Å². The minimum absolute atomic E-state index is 0.0893. The lowest BCUT2D eigenvalue weighted by Crippen LogP contribution is -2.23. The van der Waals surface area contributed by atoms with Gasteiger partial charge in [-0.2, -0.15) is 0 Å². The summed E-state index contributed by atoms with van der Waals surface area (Å²) in [5.74, 6) is 0.618. The molecule has 1 aromatic carbocycles. The summed E-state index contributed by atoms with van der Waals surface area (Å²) in [6, 6.07) is 13.0. The number of rotatable bonds is 3. The molecule has 2 N–H and O–H groups in total. The highest BCUT2D eigenvalue weighted by atomic mass is 14.7. The molecule has 98 valence electrons. The lowest BCUT2D eigenvalue weighted by Gasteiger charge is -2.32. The van der Waals surface area contributed by atoms with Crippen LogP contribution in [0.15, 0.2) is 36.4 Å². The van der Waals surface area contributed by atoms with E-state index in [-0.39, 0.29) is 6.04 Å². The van der Waals surface area contributed by atoms with Crippen molar-refractivity contribution in [2.75, 3.05) is 0 Å². The van der Waals surface area contributed by atoms with Gasteiger partial charge in [-0.3, -0.25) is 4.98 Å². The summed E-state index contributed by atoms with van der Waals surface area (Å²) < 4.78 is 0. The maximum absolute atomic E-state index is 6.37. The molecule has 19 heavy (non-hydrogen) atoms. The molecule has 0 amide bonds. The highest BCUT2D eigenvalue weighted by Gasteiger charge is 2.27. The summed E-state index contributed by atoms with van der Waals surface area (Å²) >= 11 is 0. The maximum atomic E-state index is 6.37. The molecule has 0 aliphatic heterocycles. The van der Waals surface area contributed by atoms with E-state index in [0.717, 1.165) is 17.8 Å². The van der Waals surface area contributed by atoms with Crippen LogP contribution in [-0.2, 0) is 6.42 Å². The second-order valence-corrected chi connectivity index (χ2v) is 5.57. The monoisotopic (exact) mass is 252 g/mol. The number of nitrogens with two attached hydrogens (primary N) is 1. The topological polar surface area (TPSA) is 38.9 Å². The van der Waals surface area contributed by atoms with Gasteiger partial charge in [-0.05, 0) is 55.4 Å². The van der Waals surface area contributed by atoms with Gasteiger partial charge in [0.1, 0.15) is 0 Å². The van der Waals surface area contributed by atoms with Crippen molar-refractivity contribution < 1.29 is 0 Å². The van der Waals surface area contributed by atoms with E-state index in [2.05, 4.69) is 48.3 Å². The third kappa shape index (κ3) is 2.28. The zero-order chi connectivity index (χ0) is 13.4. The molecule has 1 aliphatic carbocycles. The van der Waals surface area contributed by atoms with E-state index < -0.39 is 0 Å². The molecule has 0 radical (unpaired) electrons. The van der Waals surface area contributed by atoms with E-state index in [0.29, 0.717) is 5.92 Å². The van der Waals surface area contributed by atoms with Gasteiger partial charge < -0.3 is 5.73 Å². The first-order chi connectivity index (χ1) is 9.15. The second-order valence-electron chi connectivity index (χ2n) is 5.57. The molecule has 0 fully saturated rings. The molecule has 2 nitrogen and oxygen atoms in total. The summed E-state index contributed by atoms with van der Waals surface area (Å²) in [6.07, 6.45) is 2.19. The Hall–Kier alpha value is -1.67. The van der Waals surface area contributed by atoms with Gasteiger partial charge in [-0.25, -0.2) is 0 Å². The highest BCUT2D eigenvalue weighted by Crippen LogP contribution is 2.40. The average molecular weight is 252 g/mol. The summed E-state index contributed by atoms with van der Waals surface area (Å²) in [5.41, 5.74) is 12.7. The summed E-state index contributed by atoms with van der Waals surface area (Å²) in [5, 5.41) is 0. The first kappa shape index (κ1) is 12.4. The van der Waals surface area contributed by atoms with E-state index in [1.165, 1.54) is 23.1 Å². The third-order valence-electron chi connectivity index (χ3n) is 4.17. The Morgan fingerprint density at radius 2 is 2.00 bits per heavy atom. The molecule has 1 aromatic heterocycles. The van der Waals surface area contributed by atoms with Gasteiger partial charge in [0.15, 0.2) is 0 Å². The second kappa shape index (κ2) is 4.78. The van der Waals surface area contributed by atoms with Crippen LogP contribution in [0, 0.1) is 13.8 Å². The average Bonchev–Trinajstić information content (AvgIpc) is 2.35. The number of nitrogens with zero attached hydrogens (tertiary/aromatic N) is 1. The van der Waals surface area contributed by atoms with Gasteiger partial charge in [0.05, 0.1) is 0 Å². The molecule has 2 heteroatoms. The molecule has 0 saturated carbocycles. The van der Waals surface area contributed by atoms with Gasteiger partial charge in [-0.15, -0.1) is 0 Å². The van der Waals surface area contributed by atoms with Crippen molar-refractivity contribution in [3.05, 3.63) is 64.5 Å². The number of aromatic nitrogens is 1. The van der Waals surface area contributed by atoms with Crippen molar-refractivity contribution in [1.29, 1.82) is 0 Å². The molecule has 0 spiro atoms. The summed E-state index contributed by atoms with van der Waals surface area (Å²) in [4.78, 5) is 4.51. The Balaban J connectivity index is 1.75. The first-order valence-corrected chi connectivity index (χ1v) is 6.92. The molecule has 2 atom stereocenters. The van der Waals surface area contributed by atoms with E-state index in [4.69, 9.17) is 5.73 Å². The fourth-order valence-electron chi connectivity index (χ4n) is 3.10. The number of hydrogen-bond acceptors (Lipinski definition) is 2. The van der Waals surface area contributed by atoms with E-state index >= 15 is 0 Å². The van der Waals surface area contributed by atoms with Crippen LogP contribution in [-0.4, -0.2) is 4.98 Å². The lowest BCUT2D eigenvalue weighted by molar-refractivity contribution is 0.496. The van der Waals surface area contributed by atoms with Crippen LogP contribution in [0.4, 0.5) is 0 Å². The van der Waals surface area contributed by atoms with Gasteiger partial charge in [0, 0.05) is 17.4 Å². The number of hydrogen-bond donors (Lipinski definition) is 1. The number of fused-ring (bicyclic) bond motifs is 1. The van der Waals surface area contributed by atoms with E-state index in [1.54, 1.807) is 0 Å². The minimum atomic E-state index is 0.0893. The fraction of sp³-hybridized carbons (Fsp3) is 0.353. The predicted octanol–water partition coefficient (Wildman–Crippen LogP) is 3.43. The number of benzene rings is 1. The molecule has 0 bridgehead atoms. The van der Waals surface area contributed by atoms with Crippen LogP contribution in [0.1, 0.15) is 46.5 Å². The first-order valence-electron chi connectivity index (χ1n) is 6.92. The number of pyridine rings is 1. The highest BCUT2D eigenvalue weighted by molar-refractivity contribution is 5.40. The van der Waals surface area contributed by atoms with Crippen LogP contribution in [0.25, 0.3) is 0 Å². The fourth-order valence-corrected chi connectivity index (χ4v) is 3.10. The van der Waals surface area contributed by atoms with Gasteiger partial charge in [0.25, 0.3) is 0 Å². The molecule has 3 rings (SSSR count). The lowest BCUT2D eigenvalue weighted by atomic mass is 9.74. The van der Waals surface area contributed by atoms with Crippen molar-refractivity contribution in [2.24, 2.45) is 5.73 Å². The maximum Gasteiger partial charge on any atom is 0.0423 e. The van der Waals surface area contributed by atoms with Crippen LogP contribution < -0.4 is 5.73 Å². The van der Waals surface area contributed by atoms with Crippen molar-refractivity contribution in [3.63, 3.8) is 0 Å². The summed E-state index contributed by atoms with van der Waals surface area (Å²) in [6.45, 7) is 4.07. The molecule has 1 aliphatic rings. The van der Waals surface area contributed by atoms with Crippen molar-refractivity contribution in [1.82, 2.24) is 4.98 Å². The predicted molar refractivity (Wildman–Crippen MR) is 78.1 cm³/mol. The molecular weight excluding hydrogens is 232 g/mol. The van der Waals surface area contributed by atoms with Crippen molar-refractivity contribution in [2.45, 2.75) is 38.6 Å². The Morgan fingerprint density at radius 1 is 1.21 bits per heavy atom. The normalized spacial score (nSPS) is 18.6. The number of aryl methyl sites for hydroxylation is 2. The quantitative estimate of drug-likeness (QED) is 0.909. The van der Waals surface area contributed by atoms with Crippen molar-refractivity contribution >= 4 is 0 Å². The Labute approximate surface area is 114 Å². The molecule has 2 unspecified atom stereocenters. The minimum Gasteiger partial charge on any atom is -0.324 e. The van der Waals surface area contributed by atoms with Crippen LogP contribution in [0.5, 0.6) is 0 Å². The molecule has 2 aromatic rings. The van der Waals surface area contributed by atoms with Crippen LogP contribution in [0.2, 0.25) is 0 Å². The Kier molecular flexibility index (Phi) is 3.11. The molecule has 0 saturated heterocycles. The zero-order valence-corrected chi connectivity index (χ0v) is 11.6.